The smallest absolute Gasteiger partial charge is 0.240 e. The van der Waals surface area contributed by atoms with Crippen LogP contribution in [-0.2, 0) is 13.1 Å². The third-order valence-corrected chi connectivity index (χ3v) is 3.69. The Kier molecular flexibility index (Phi) is 5.13. The minimum atomic E-state index is 0.325. The van der Waals surface area contributed by atoms with Crippen molar-refractivity contribution >= 4 is 0 Å². The molecule has 5 nitrogen and oxygen atoms in total. The summed E-state index contributed by atoms with van der Waals surface area (Å²) in [5.74, 6) is 2.21. The van der Waals surface area contributed by atoms with Crippen molar-refractivity contribution < 1.29 is 4.52 Å². The van der Waals surface area contributed by atoms with E-state index in [-0.39, 0.29) is 0 Å². The van der Waals surface area contributed by atoms with Gasteiger partial charge in [0.1, 0.15) is 0 Å². The van der Waals surface area contributed by atoms with Crippen LogP contribution in [0, 0.1) is 5.92 Å². The predicted octanol–water partition coefficient (Wildman–Crippen LogP) is 1.93. The summed E-state index contributed by atoms with van der Waals surface area (Å²) in [4.78, 5) is 6.70. The van der Waals surface area contributed by atoms with Crippen LogP contribution in [0.3, 0.4) is 0 Å². The van der Waals surface area contributed by atoms with E-state index in [0.717, 1.165) is 31.4 Å². The third kappa shape index (κ3) is 3.78. The largest absolute Gasteiger partial charge is 0.338 e. The number of nitrogens with zero attached hydrogens (tertiary/aromatic N) is 3. The molecule has 1 aliphatic heterocycles. The molecule has 0 radical (unpaired) electrons. The van der Waals surface area contributed by atoms with Crippen LogP contribution in [0.4, 0.5) is 0 Å². The molecule has 1 aromatic rings. The van der Waals surface area contributed by atoms with Crippen molar-refractivity contribution in [3.8, 4) is 0 Å². The second-order valence-corrected chi connectivity index (χ2v) is 5.17. The highest BCUT2D eigenvalue weighted by atomic mass is 16.5. The molecular formula is C13H24N4O. The molecule has 1 aliphatic rings. The fraction of sp³-hybridized carbons (Fsp3) is 0.846. The summed E-state index contributed by atoms with van der Waals surface area (Å²) in [7, 11) is 0. The second kappa shape index (κ2) is 6.85. The standard InChI is InChI=1S/C13H24N4O/c1-2-4-11-5-3-7-17(8-6-11)10-12-15-13(9-14)18-16-12/h11H,2-10,14H2,1H3. The topological polar surface area (TPSA) is 68.2 Å². The van der Waals surface area contributed by atoms with Crippen LogP contribution in [0.15, 0.2) is 4.52 Å². The van der Waals surface area contributed by atoms with Gasteiger partial charge in [0.05, 0.1) is 13.1 Å². The Morgan fingerprint density at radius 2 is 2.28 bits per heavy atom. The van der Waals surface area contributed by atoms with Crippen LogP contribution in [0.25, 0.3) is 0 Å². The zero-order valence-corrected chi connectivity index (χ0v) is 11.3. The fourth-order valence-corrected chi connectivity index (χ4v) is 2.72. The van der Waals surface area contributed by atoms with Gasteiger partial charge in [0.25, 0.3) is 0 Å². The lowest BCUT2D eigenvalue weighted by molar-refractivity contribution is 0.259. The van der Waals surface area contributed by atoms with Gasteiger partial charge in [-0.05, 0) is 38.3 Å². The maximum absolute atomic E-state index is 5.46. The van der Waals surface area contributed by atoms with E-state index >= 15 is 0 Å². The van der Waals surface area contributed by atoms with Crippen molar-refractivity contribution in [3.05, 3.63) is 11.7 Å². The number of rotatable bonds is 5. The van der Waals surface area contributed by atoms with Gasteiger partial charge in [-0.25, -0.2) is 0 Å². The molecule has 102 valence electrons. The molecule has 1 saturated heterocycles. The van der Waals surface area contributed by atoms with Gasteiger partial charge in [0.15, 0.2) is 5.82 Å². The Morgan fingerprint density at radius 1 is 1.39 bits per heavy atom. The molecular weight excluding hydrogens is 228 g/mol. The maximum atomic E-state index is 5.46. The van der Waals surface area contributed by atoms with Crippen LogP contribution in [0.2, 0.25) is 0 Å². The second-order valence-electron chi connectivity index (χ2n) is 5.17. The van der Waals surface area contributed by atoms with E-state index in [0.29, 0.717) is 12.4 Å². The van der Waals surface area contributed by atoms with E-state index in [1.807, 2.05) is 0 Å². The van der Waals surface area contributed by atoms with Gasteiger partial charge in [-0.1, -0.05) is 24.9 Å². The molecule has 18 heavy (non-hydrogen) atoms. The summed E-state index contributed by atoms with van der Waals surface area (Å²) in [6.07, 6.45) is 6.62. The highest BCUT2D eigenvalue weighted by Crippen LogP contribution is 2.22. The minimum Gasteiger partial charge on any atom is -0.338 e. The van der Waals surface area contributed by atoms with Crippen molar-refractivity contribution in [1.29, 1.82) is 0 Å². The number of nitrogens with two attached hydrogens (primary N) is 1. The highest BCUT2D eigenvalue weighted by Gasteiger charge is 2.18. The Hall–Kier alpha value is -0.940. The Balaban J connectivity index is 1.82. The van der Waals surface area contributed by atoms with Crippen LogP contribution in [-0.4, -0.2) is 28.1 Å². The average Bonchev–Trinajstić information content (AvgIpc) is 2.71. The molecule has 0 spiro atoms. The molecule has 2 heterocycles. The molecule has 0 saturated carbocycles. The van der Waals surface area contributed by atoms with Crippen molar-refractivity contribution in [2.45, 2.75) is 52.1 Å². The third-order valence-electron chi connectivity index (χ3n) is 3.69. The lowest BCUT2D eigenvalue weighted by Gasteiger charge is -2.17. The Bertz CT molecular complexity index is 353. The average molecular weight is 252 g/mol. The van der Waals surface area contributed by atoms with Crippen LogP contribution < -0.4 is 5.73 Å². The number of hydrogen-bond donors (Lipinski definition) is 1. The molecule has 1 unspecified atom stereocenters. The van der Waals surface area contributed by atoms with Crippen LogP contribution in [0.5, 0.6) is 0 Å². The number of hydrogen-bond acceptors (Lipinski definition) is 5. The summed E-state index contributed by atoms with van der Waals surface area (Å²) in [5.41, 5.74) is 5.46. The Morgan fingerprint density at radius 3 is 3.00 bits per heavy atom. The zero-order chi connectivity index (χ0) is 12.8. The lowest BCUT2D eigenvalue weighted by Crippen LogP contribution is -2.25. The van der Waals surface area contributed by atoms with Crippen molar-refractivity contribution in [2.75, 3.05) is 13.1 Å². The zero-order valence-electron chi connectivity index (χ0n) is 11.3. The first-order valence-corrected chi connectivity index (χ1v) is 7.05. The molecule has 0 aromatic carbocycles. The van der Waals surface area contributed by atoms with Gasteiger partial charge in [-0.15, -0.1) is 0 Å². The molecule has 1 fully saturated rings. The predicted molar refractivity (Wildman–Crippen MR) is 69.7 cm³/mol. The molecule has 1 aromatic heterocycles. The normalized spacial score (nSPS) is 22.0. The van der Waals surface area contributed by atoms with E-state index < -0.39 is 0 Å². The molecule has 5 heteroatoms. The van der Waals surface area contributed by atoms with Gasteiger partial charge in [-0.2, -0.15) is 4.98 Å². The van der Waals surface area contributed by atoms with Crippen LogP contribution in [0.1, 0.15) is 50.7 Å². The van der Waals surface area contributed by atoms with E-state index in [1.165, 1.54) is 32.1 Å². The fourth-order valence-electron chi connectivity index (χ4n) is 2.72. The van der Waals surface area contributed by atoms with E-state index in [1.54, 1.807) is 0 Å². The first-order chi connectivity index (χ1) is 8.81. The summed E-state index contributed by atoms with van der Waals surface area (Å²) in [6.45, 7) is 5.69. The first kappa shape index (κ1) is 13.5. The molecule has 2 rings (SSSR count). The minimum absolute atomic E-state index is 0.325. The summed E-state index contributed by atoms with van der Waals surface area (Å²) in [6, 6.07) is 0. The molecule has 0 aliphatic carbocycles. The summed E-state index contributed by atoms with van der Waals surface area (Å²) in [5, 5.41) is 3.96. The monoisotopic (exact) mass is 252 g/mol. The molecule has 0 bridgehead atoms. The highest BCUT2D eigenvalue weighted by molar-refractivity contribution is 4.86. The first-order valence-electron chi connectivity index (χ1n) is 7.05. The Labute approximate surface area is 109 Å². The molecule has 0 amide bonds. The van der Waals surface area contributed by atoms with Gasteiger partial charge < -0.3 is 10.3 Å². The van der Waals surface area contributed by atoms with Gasteiger partial charge in [0, 0.05) is 0 Å². The van der Waals surface area contributed by atoms with Crippen LogP contribution >= 0.6 is 0 Å². The van der Waals surface area contributed by atoms with Gasteiger partial charge in [0.2, 0.25) is 5.89 Å². The SMILES string of the molecule is CCCC1CCCN(Cc2noc(CN)n2)CC1. The maximum Gasteiger partial charge on any atom is 0.240 e. The quantitative estimate of drug-likeness (QED) is 0.867. The number of likely N-dealkylation sites (tertiary alicyclic amines) is 1. The van der Waals surface area contributed by atoms with E-state index in [9.17, 15) is 0 Å². The molecule has 2 N–H and O–H groups in total. The lowest BCUT2D eigenvalue weighted by atomic mass is 9.96. The summed E-state index contributed by atoms with van der Waals surface area (Å²) >= 11 is 0. The van der Waals surface area contributed by atoms with Gasteiger partial charge >= 0.3 is 0 Å². The number of aromatic nitrogens is 2. The molecule has 1 atom stereocenters. The van der Waals surface area contributed by atoms with Crippen molar-refractivity contribution in [1.82, 2.24) is 15.0 Å². The summed E-state index contributed by atoms with van der Waals surface area (Å²) < 4.78 is 5.03. The van der Waals surface area contributed by atoms with Crippen molar-refractivity contribution in [2.24, 2.45) is 11.7 Å². The van der Waals surface area contributed by atoms with Crippen molar-refractivity contribution in [3.63, 3.8) is 0 Å². The van der Waals surface area contributed by atoms with Gasteiger partial charge in [-0.3, -0.25) is 4.90 Å². The van der Waals surface area contributed by atoms with E-state index in [2.05, 4.69) is 22.0 Å². The van der Waals surface area contributed by atoms with E-state index in [4.69, 9.17) is 10.3 Å².